The Morgan fingerprint density at radius 3 is 2.93 bits per heavy atom. The van der Waals surface area contributed by atoms with E-state index in [1.165, 1.54) is 11.1 Å². The molecule has 1 nitrogen and oxygen atoms in total. The quantitative estimate of drug-likeness (QED) is 0.646. The fourth-order valence-corrected chi connectivity index (χ4v) is 2.16. The highest BCUT2D eigenvalue weighted by molar-refractivity contribution is 7.99. The van der Waals surface area contributed by atoms with Gasteiger partial charge in [-0.1, -0.05) is 29.3 Å². The smallest absolute Gasteiger partial charge is 0.0452 e. The number of benzene rings is 1. The van der Waals surface area contributed by atoms with Crippen LogP contribution in [0.4, 0.5) is 5.69 Å². The highest BCUT2D eigenvalue weighted by Gasteiger charge is 2.01. The lowest BCUT2D eigenvalue weighted by Crippen LogP contribution is -1.90. The van der Waals surface area contributed by atoms with Gasteiger partial charge >= 0.3 is 0 Å². The van der Waals surface area contributed by atoms with E-state index in [0.29, 0.717) is 10.8 Å². The first kappa shape index (κ1) is 11.8. The van der Waals surface area contributed by atoms with Gasteiger partial charge in [-0.05, 0) is 24.6 Å². The van der Waals surface area contributed by atoms with E-state index in [0.717, 1.165) is 10.6 Å². The number of hydrogen-bond donors (Lipinski definition) is 1. The zero-order valence-corrected chi connectivity index (χ0v) is 10.1. The Morgan fingerprint density at radius 1 is 1.57 bits per heavy atom. The third-order valence-electron chi connectivity index (χ3n) is 1.65. The predicted octanol–water partition coefficient (Wildman–Crippen LogP) is 3.99. The monoisotopic (exact) mass is 247 g/mol. The summed E-state index contributed by atoms with van der Waals surface area (Å²) in [7, 11) is 0. The van der Waals surface area contributed by atoms with Crippen LogP contribution >= 0.6 is 35.0 Å². The summed E-state index contributed by atoms with van der Waals surface area (Å²) in [5, 5.41) is 0.623. The molecule has 2 N–H and O–H groups in total. The standard InChI is InChI=1S/C10H11Cl2NS/c1-7-2-3-9(13)10(4-7)14-6-8(12)5-11/h2-5H,6,13H2,1H3/b8-5-. The second-order valence-corrected chi connectivity index (χ2v) is 4.61. The number of halogens is 2. The van der Waals surface area contributed by atoms with Gasteiger partial charge in [-0.2, -0.15) is 0 Å². The molecule has 0 bridgehead atoms. The molecular weight excluding hydrogens is 237 g/mol. The lowest BCUT2D eigenvalue weighted by atomic mass is 10.2. The molecule has 1 rings (SSSR count). The molecule has 76 valence electrons. The topological polar surface area (TPSA) is 26.0 Å². The van der Waals surface area contributed by atoms with Crippen LogP contribution in [0.25, 0.3) is 0 Å². The molecule has 14 heavy (non-hydrogen) atoms. The summed E-state index contributed by atoms with van der Waals surface area (Å²) in [5.74, 6) is 0.651. The second kappa shape index (κ2) is 5.54. The Morgan fingerprint density at radius 2 is 2.29 bits per heavy atom. The number of thioether (sulfide) groups is 1. The molecular formula is C10H11Cl2NS. The molecule has 0 aliphatic carbocycles. The maximum Gasteiger partial charge on any atom is 0.0452 e. The van der Waals surface area contributed by atoms with Crippen molar-refractivity contribution in [1.29, 1.82) is 0 Å². The van der Waals surface area contributed by atoms with Crippen LogP contribution < -0.4 is 5.73 Å². The minimum atomic E-state index is 0.623. The Kier molecular flexibility index (Phi) is 4.66. The summed E-state index contributed by atoms with van der Waals surface area (Å²) in [5.41, 5.74) is 9.14. The Hall–Kier alpha value is -0.310. The number of nitrogens with two attached hydrogens (primary N) is 1. The van der Waals surface area contributed by atoms with Gasteiger partial charge in [0.15, 0.2) is 0 Å². The van der Waals surface area contributed by atoms with Crippen LogP contribution in [0.5, 0.6) is 0 Å². The van der Waals surface area contributed by atoms with Crippen LogP contribution in [0.15, 0.2) is 33.7 Å². The van der Waals surface area contributed by atoms with E-state index in [1.54, 1.807) is 11.8 Å². The van der Waals surface area contributed by atoms with Gasteiger partial charge in [-0.3, -0.25) is 0 Å². The van der Waals surface area contributed by atoms with E-state index in [2.05, 4.69) is 0 Å². The van der Waals surface area contributed by atoms with E-state index in [-0.39, 0.29) is 0 Å². The molecule has 0 spiro atoms. The van der Waals surface area contributed by atoms with Crippen molar-refractivity contribution in [3.63, 3.8) is 0 Å². The molecule has 0 fully saturated rings. The van der Waals surface area contributed by atoms with Crippen LogP contribution in [0.2, 0.25) is 0 Å². The molecule has 0 heterocycles. The average Bonchev–Trinajstić information content (AvgIpc) is 2.19. The van der Waals surface area contributed by atoms with Crippen LogP contribution in [0, 0.1) is 6.92 Å². The van der Waals surface area contributed by atoms with E-state index in [9.17, 15) is 0 Å². The number of hydrogen-bond acceptors (Lipinski definition) is 2. The molecule has 0 saturated heterocycles. The molecule has 0 radical (unpaired) electrons. The maximum atomic E-state index is 5.80. The number of nitrogen functional groups attached to an aromatic ring is 1. The lowest BCUT2D eigenvalue weighted by molar-refractivity contribution is 1.36. The number of rotatable bonds is 3. The summed E-state index contributed by atoms with van der Waals surface area (Å²) in [6.45, 7) is 2.03. The molecule has 0 aliphatic heterocycles. The van der Waals surface area contributed by atoms with Gasteiger partial charge in [0.25, 0.3) is 0 Å². The van der Waals surface area contributed by atoms with Crippen molar-refractivity contribution in [3.8, 4) is 0 Å². The van der Waals surface area contributed by atoms with Gasteiger partial charge < -0.3 is 5.73 Å². The molecule has 0 unspecified atom stereocenters. The third kappa shape index (κ3) is 3.45. The molecule has 0 atom stereocenters. The average molecular weight is 248 g/mol. The molecule has 4 heteroatoms. The highest BCUT2D eigenvalue weighted by atomic mass is 35.5. The van der Waals surface area contributed by atoms with E-state index >= 15 is 0 Å². The van der Waals surface area contributed by atoms with Gasteiger partial charge in [-0.15, -0.1) is 11.8 Å². The Balaban J connectivity index is 2.71. The van der Waals surface area contributed by atoms with Gasteiger partial charge in [0, 0.05) is 26.9 Å². The maximum absolute atomic E-state index is 5.80. The Labute approximate surface area is 98.3 Å². The first-order chi connectivity index (χ1) is 6.63. The predicted molar refractivity (Wildman–Crippen MR) is 66.1 cm³/mol. The van der Waals surface area contributed by atoms with Crippen molar-refractivity contribution in [2.24, 2.45) is 0 Å². The minimum absolute atomic E-state index is 0.623. The van der Waals surface area contributed by atoms with Crippen LogP contribution in [0.3, 0.4) is 0 Å². The van der Waals surface area contributed by atoms with E-state index < -0.39 is 0 Å². The normalized spacial score (nSPS) is 11.8. The number of aryl methyl sites for hydroxylation is 1. The van der Waals surface area contributed by atoms with Crippen molar-refractivity contribution in [1.82, 2.24) is 0 Å². The van der Waals surface area contributed by atoms with Gasteiger partial charge in [0.1, 0.15) is 0 Å². The summed E-state index contributed by atoms with van der Waals surface area (Å²) in [6.07, 6.45) is 0. The second-order valence-electron chi connectivity index (χ2n) is 2.89. The summed E-state index contributed by atoms with van der Waals surface area (Å²) in [4.78, 5) is 1.04. The van der Waals surface area contributed by atoms with Gasteiger partial charge in [0.2, 0.25) is 0 Å². The molecule has 1 aromatic rings. The van der Waals surface area contributed by atoms with Crippen LogP contribution in [-0.4, -0.2) is 5.75 Å². The SMILES string of the molecule is Cc1ccc(N)c(SC/C(Cl)=C/Cl)c1. The highest BCUT2D eigenvalue weighted by Crippen LogP contribution is 2.28. The molecule has 0 aliphatic rings. The molecule has 0 saturated carbocycles. The number of anilines is 1. The third-order valence-corrected chi connectivity index (χ3v) is 3.55. The van der Waals surface area contributed by atoms with E-state index in [1.807, 2.05) is 25.1 Å². The zero-order chi connectivity index (χ0) is 10.6. The molecule has 1 aromatic carbocycles. The van der Waals surface area contributed by atoms with Crippen molar-refractivity contribution in [2.45, 2.75) is 11.8 Å². The summed E-state index contributed by atoms with van der Waals surface area (Å²) in [6, 6.07) is 5.92. The van der Waals surface area contributed by atoms with Crippen molar-refractivity contribution in [2.75, 3.05) is 11.5 Å². The van der Waals surface area contributed by atoms with Crippen molar-refractivity contribution in [3.05, 3.63) is 34.3 Å². The molecule has 0 aromatic heterocycles. The largest absolute Gasteiger partial charge is 0.398 e. The summed E-state index contributed by atoms with van der Waals surface area (Å²) < 4.78 is 0. The van der Waals surface area contributed by atoms with E-state index in [4.69, 9.17) is 28.9 Å². The minimum Gasteiger partial charge on any atom is -0.398 e. The fraction of sp³-hybridized carbons (Fsp3) is 0.200. The Bertz CT molecular complexity index is 350. The summed E-state index contributed by atoms with van der Waals surface area (Å²) >= 11 is 12.8. The van der Waals surface area contributed by atoms with Crippen LogP contribution in [0.1, 0.15) is 5.56 Å². The fourth-order valence-electron chi connectivity index (χ4n) is 0.945. The van der Waals surface area contributed by atoms with Crippen LogP contribution in [-0.2, 0) is 0 Å². The molecule has 0 amide bonds. The first-order valence-electron chi connectivity index (χ1n) is 4.07. The first-order valence-corrected chi connectivity index (χ1v) is 5.87. The van der Waals surface area contributed by atoms with Crippen molar-refractivity contribution >= 4 is 40.7 Å². The lowest BCUT2D eigenvalue weighted by Gasteiger charge is -2.05. The van der Waals surface area contributed by atoms with Gasteiger partial charge in [-0.25, -0.2) is 0 Å². The van der Waals surface area contributed by atoms with Gasteiger partial charge in [0.05, 0.1) is 0 Å². The van der Waals surface area contributed by atoms with Crippen molar-refractivity contribution < 1.29 is 0 Å². The zero-order valence-electron chi connectivity index (χ0n) is 7.76.